The molecule has 100 valence electrons. The van der Waals surface area contributed by atoms with Crippen LogP contribution in [0.25, 0.3) is 0 Å². The number of halogens is 5. The highest BCUT2D eigenvalue weighted by Gasteiger charge is 2.45. The van der Waals surface area contributed by atoms with E-state index in [4.69, 9.17) is 11.6 Å². The lowest BCUT2D eigenvalue weighted by atomic mass is 10.3. The molecule has 8 heteroatoms. The highest BCUT2D eigenvalue weighted by molar-refractivity contribution is 6.30. The van der Waals surface area contributed by atoms with Crippen molar-refractivity contribution in [3.8, 4) is 5.75 Å². The van der Waals surface area contributed by atoms with Gasteiger partial charge in [0.25, 0.3) is 0 Å². The van der Waals surface area contributed by atoms with E-state index in [-0.39, 0.29) is 11.6 Å². The third-order valence-electron chi connectivity index (χ3n) is 1.71. The Morgan fingerprint density at radius 1 is 1.33 bits per heavy atom. The van der Waals surface area contributed by atoms with Gasteiger partial charge < -0.3 is 9.47 Å². The zero-order valence-electron chi connectivity index (χ0n) is 8.98. The molecule has 0 amide bonds. The molecule has 0 aliphatic rings. The first-order valence-electron chi connectivity index (χ1n) is 4.66. The number of hydrogen-bond acceptors (Lipinski definition) is 3. The van der Waals surface area contributed by atoms with Gasteiger partial charge in [-0.05, 0) is 19.1 Å². The number of alkyl halides is 2. The summed E-state index contributed by atoms with van der Waals surface area (Å²) in [6.07, 6.45) is -4.49. The van der Waals surface area contributed by atoms with Gasteiger partial charge in [-0.2, -0.15) is 8.78 Å². The Morgan fingerprint density at radius 2 is 1.83 bits per heavy atom. The van der Waals surface area contributed by atoms with E-state index in [0.29, 0.717) is 12.1 Å². The van der Waals surface area contributed by atoms with Crippen molar-refractivity contribution >= 4 is 17.6 Å². The Bertz CT molecular complexity index is 441. The van der Waals surface area contributed by atoms with Gasteiger partial charge in [0, 0.05) is 5.02 Å². The summed E-state index contributed by atoms with van der Waals surface area (Å²) in [4.78, 5) is 10.8. The topological polar surface area (TPSA) is 35.5 Å². The number of ether oxygens (including phenoxy) is 2. The first kappa shape index (κ1) is 14.6. The van der Waals surface area contributed by atoms with Crippen molar-refractivity contribution in [1.29, 1.82) is 0 Å². The third-order valence-corrected chi connectivity index (χ3v) is 1.92. The molecule has 0 unspecified atom stereocenters. The number of carbonyl (C=O) groups is 1. The van der Waals surface area contributed by atoms with Crippen LogP contribution in [0.3, 0.4) is 0 Å². The third kappa shape index (κ3) is 3.25. The molecule has 18 heavy (non-hydrogen) atoms. The minimum Gasteiger partial charge on any atom is -0.459 e. The molecule has 0 fully saturated rings. The van der Waals surface area contributed by atoms with Gasteiger partial charge in [0.2, 0.25) is 0 Å². The van der Waals surface area contributed by atoms with Crippen molar-refractivity contribution in [1.82, 2.24) is 0 Å². The maximum atomic E-state index is 13.2. The molecule has 0 aliphatic carbocycles. The van der Waals surface area contributed by atoms with Crippen LogP contribution in [-0.4, -0.2) is 18.7 Å². The minimum atomic E-state index is -4.49. The quantitative estimate of drug-likeness (QED) is 0.630. The lowest BCUT2D eigenvalue weighted by Gasteiger charge is -2.16. The lowest BCUT2D eigenvalue weighted by molar-refractivity contribution is -0.217. The molecule has 3 nitrogen and oxygen atoms in total. The molecule has 1 aromatic rings. The molecule has 0 saturated heterocycles. The molecular formula is C10H7ClF4O3. The standard InChI is InChI=1S/C10H7ClF4O3/c1-2-17-9(16)10(14,15)18-8-6(12)3-5(11)4-7(8)13/h3-4H,2H2,1H3. The fourth-order valence-corrected chi connectivity index (χ4v) is 1.20. The van der Waals surface area contributed by atoms with Gasteiger partial charge in [0.1, 0.15) is 0 Å². The van der Waals surface area contributed by atoms with Crippen molar-refractivity contribution in [2.45, 2.75) is 13.0 Å². The number of hydrogen-bond donors (Lipinski definition) is 0. The van der Waals surface area contributed by atoms with Crippen molar-refractivity contribution < 1.29 is 31.8 Å². The Labute approximate surface area is 104 Å². The van der Waals surface area contributed by atoms with Crippen LogP contribution in [0.5, 0.6) is 5.75 Å². The molecule has 0 saturated carbocycles. The Balaban J connectivity index is 3.00. The van der Waals surface area contributed by atoms with E-state index >= 15 is 0 Å². The zero-order chi connectivity index (χ0) is 13.9. The smallest absolute Gasteiger partial charge is 0.459 e. The maximum Gasteiger partial charge on any atom is 0.502 e. The second-order valence-corrected chi connectivity index (χ2v) is 3.47. The highest BCUT2D eigenvalue weighted by Crippen LogP contribution is 2.30. The van der Waals surface area contributed by atoms with E-state index in [1.165, 1.54) is 6.92 Å². The molecule has 1 rings (SSSR count). The van der Waals surface area contributed by atoms with Gasteiger partial charge in [-0.25, -0.2) is 13.6 Å². The van der Waals surface area contributed by atoms with Crippen molar-refractivity contribution in [2.24, 2.45) is 0 Å². The number of benzene rings is 1. The summed E-state index contributed by atoms with van der Waals surface area (Å²) in [5.41, 5.74) is 0. The summed E-state index contributed by atoms with van der Waals surface area (Å²) < 4.78 is 60.2. The summed E-state index contributed by atoms with van der Waals surface area (Å²) in [7, 11) is 0. The monoisotopic (exact) mass is 286 g/mol. The highest BCUT2D eigenvalue weighted by atomic mass is 35.5. The molecule has 0 heterocycles. The van der Waals surface area contributed by atoms with Crippen LogP contribution in [0, 0.1) is 11.6 Å². The van der Waals surface area contributed by atoms with Crippen LogP contribution in [0.2, 0.25) is 5.02 Å². The van der Waals surface area contributed by atoms with E-state index in [2.05, 4.69) is 9.47 Å². The van der Waals surface area contributed by atoms with Crippen LogP contribution in [0.4, 0.5) is 17.6 Å². The second kappa shape index (κ2) is 5.43. The lowest BCUT2D eigenvalue weighted by Crippen LogP contribution is -2.37. The van der Waals surface area contributed by atoms with Gasteiger partial charge in [0.15, 0.2) is 17.4 Å². The molecule has 0 bridgehead atoms. The first-order chi connectivity index (χ1) is 8.27. The van der Waals surface area contributed by atoms with Gasteiger partial charge >= 0.3 is 12.1 Å². The maximum absolute atomic E-state index is 13.2. The summed E-state index contributed by atoms with van der Waals surface area (Å²) in [6, 6.07) is 1.14. The van der Waals surface area contributed by atoms with Crippen LogP contribution >= 0.6 is 11.6 Å². The predicted molar refractivity (Wildman–Crippen MR) is 53.6 cm³/mol. The summed E-state index contributed by atoms with van der Waals surface area (Å²) in [5, 5.41) is -0.336. The van der Waals surface area contributed by atoms with Crippen molar-refractivity contribution in [2.75, 3.05) is 6.61 Å². The van der Waals surface area contributed by atoms with Crippen molar-refractivity contribution in [3.63, 3.8) is 0 Å². The second-order valence-electron chi connectivity index (χ2n) is 3.04. The van der Waals surface area contributed by atoms with E-state index in [9.17, 15) is 22.4 Å². The zero-order valence-corrected chi connectivity index (χ0v) is 9.73. The fraction of sp³-hybridized carbons (Fsp3) is 0.300. The molecule has 0 atom stereocenters. The van der Waals surface area contributed by atoms with E-state index in [0.717, 1.165) is 0 Å². The van der Waals surface area contributed by atoms with Crippen LogP contribution in [-0.2, 0) is 9.53 Å². The SMILES string of the molecule is CCOC(=O)C(F)(F)Oc1c(F)cc(Cl)cc1F. The van der Waals surface area contributed by atoms with Gasteiger partial charge in [0.05, 0.1) is 6.61 Å². The largest absolute Gasteiger partial charge is 0.502 e. The van der Waals surface area contributed by atoms with E-state index in [1.54, 1.807) is 0 Å². The van der Waals surface area contributed by atoms with Gasteiger partial charge in [-0.15, -0.1) is 0 Å². The van der Waals surface area contributed by atoms with Crippen molar-refractivity contribution in [3.05, 3.63) is 28.8 Å². The van der Waals surface area contributed by atoms with Gasteiger partial charge in [-0.3, -0.25) is 0 Å². The molecule has 0 N–H and O–H groups in total. The van der Waals surface area contributed by atoms with E-state index < -0.39 is 29.5 Å². The Kier molecular flexibility index (Phi) is 4.39. The summed E-state index contributed by atoms with van der Waals surface area (Å²) >= 11 is 5.29. The molecule has 0 aromatic heterocycles. The summed E-state index contributed by atoms with van der Waals surface area (Å²) in [5.74, 6) is -6.36. The average molecular weight is 287 g/mol. The van der Waals surface area contributed by atoms with E-state index in [1.807, 2.05) is 0 Å². The normalized spacial score (nSPS) is 11.2. The minimum absolute atomic E-state index is 0.330. The fourth-order valence-electron chi connectivity index (χ4n) is 1.01. The molecule has 0 spiro atoms. The molecule has 0 radical (unpaired) electrons. The average Bonchev–Trinajstić information content (AvgIpc) is 2.23. The summed E-state index contributed by atoms with van der Waals surface area (Å²) in [6.45, 7) is 0.959. The molecule has 1 aromatic carbocycles. The predicted octanol–water partition coefficient (Wildman–Crippen LogP) is 3.15. The Morgan fingerprint density at radius 3 is 2.28 bits per heavy atom. The van der Waals surface area contributed by atoms with Crippen LogP contribution in [0.15, 0.2) is 12.1 Å². The number of carbonyl (C=O) groups excluding carboxylic acids is 1. The first-order valence-corrected chi connectivity index (χ1v) is 5.04. The number of esters is 1. The van der Waals surface area contributed by atoms with Gasteiger partial charge in [-0.1, -0.05) is 11.6 Å². The van der Waals surface area contributed by atoms with Crippen LogP contribution in [0.1, 0.15) is 6.92 Å². The molecular weight excluding hydrogens is 280 g/mol. The number of rotatable bonds is 4. The van der Waals surface area contributed by atoms with Crippen LogP contribution < -0.4 is 4.74 Å². The Hall–Kier alpha value is -1.50. The molecule has 0 aliphatic heterocycles.